The number of rotatable bonds is 9. The van der Waals surface area contributed by atoms with Crippen molar-refractivity contribution in [3.8, 4) is 5.75 Å². The highest BCUT2D eigenvalue weighted by atomic mass is 32.2. The van der Waals surface area contributed by atoms with Crippen molar-refractivity contribution in [2.75, 3.05) is 5.75 Å². The van der Waals surface area contributed by atoms with E-state index in [4.69, 9.17) is 4.74 Å². The van der Waals surface area contributed by atoms with Crippen molar-refractivity contribution < 1.29 is 9.84 Å². The summed E-state index contributed by atoms with van der Waals surface area (Å²) in [5.74, 6) is 2.81. The molecule has 0 radical (unpaired) electrons. The lowest BCUT2D eigenvalue weighted by Crippen LogP contribution is -2.22. The van der Waals surface area contributed by atoms with Crippen molar-refractivity contribution in [2.45, 2.75) is 58.0 Å². The zero-order chi connectivity index (χ0) is 17.6. The Hall–Kier alpha value is -1.53. The van der Waals surface area contributed by atoms with Crippen LogP contribution in [0.3, 0.4) is 0 Å². The van der Waals surface area contributed by atoms with Crippen LogP contribution in [0.1, 0.15) is 39.9 Å². The molecule has 0 atom stereocenters. The van der Waals surface area contributed by atoms with Gasteiger partial charge in [0.25, 0.3) is 0 Å². The van der Waals surface area contributed by atoms with E-state index in [1.165, 1.54) is 11.8 Å². The Kier molecular flexibility index (Phi) is 6.69. The number of nitrogens with zero attached hydrogens (tertiary/aromatic N) is 3. The van der Waals surface area contributed by atoms with E-state index in [2.05, 4.69) is 28.6 Å². The van der Waals surface area contributed by atoms with Gasteiger partial charge in [0, 0.05) is 12.3 Å². The van der Waals surface area contributed by atoms with E-state index in [1.807, 2.05) is 30.3 Å². The van der Waals surface area contributed by atoms with Gasteiger partial charge in [-0.25, -0.2) is 0 Å². The Morgan fingerprint density at radius 1 is 1.21 bits per heavy atom. The predicted molar refractivity (Wildman–Crippen MR) is 97.3 cm³/mol. The smallest absolute Gasteiger partial charge is 0.191 e. The summed E-state index contributed by atoms with van der Waals surface area (Å²) in [6.07, 6.45) is 1.05. The van der Waals surface area contributed by atoms with Crippen LogP contribution in [-0.2, 0) is 13.2 Å². The fourth-order valence-corrected chi connectivity index (χ4v) is 2.98. The van der Waals surface area contributed by atoms with Crippen molar-refractivity contribution >= 4 is 11.8 Å². The van der Waals surface area contributed by atoms with E-state index in [9.17, 15) is 5.11 Å². The Bertz CT molecular complexity index is 621. The van der Waals surface area contributed by atoms with Crippen molar-refractivity contribution in [1.82, 2.24) is 14.8 Å². The van der Waals surface area contributed by atoms with Gasteiger partial charge in [0.15, 0.2) is 11.0 Å². The van der Waals surface area contributed by atoms with Crippen molar-refractivity contribution in [2.24, 2.45) is 5.92 Å². The van der Waals surface area contributed by atoms with Gasteiger partial charge in [-0.15, -0.1) is 10.2 Å². The van der Waals surface area contributed by atoms with Gasteiger partial charge in [0.1, 0.15) is 12.4 Å². The molecule has 0 aliphatic rings. The van der Waals surface area contributed by atoms with Crippen LogP contribution in [0.5, 0.6) is 5.75 Å². The second kappa shape index (κ2) is 8.53. The predicted octanol–water partition coefficient (Wildman–Crippen LogP) is 3.77. The van der Waals surface area contributed by atoms with Gasteiger partial charge >= 0.3 is 0 Å². The molecule has 2 rings (SSSR count). The number of aromatic nitrogens is 3. The van der Waals surface area contributed by atoms with E-state index in [-0.39, 0.29) is 0 Å². The first-order chi connectivity index (χ1) is 11.3. The quantitative estimate of drug-likeness (QED) is 0.698. The average Bonchev–Trinajstić information content (AvgIpc) is 2.91. The summed E-state index contributed by atoms with van der Waals surface area (Å²) in [4.78, 5) is 0. The van der Waals surface area contributed by atoms with E-state index in [0.29, 0.717) is 18.3 Å². The maximum absolute atomic E-state index is 9.94. The molecule has 24 heavy (non-hydrogen) atoms. The molecule has 5 nitrogen and oxygen atoms in total. The van der Waals surface area contributed by atoms with Crippen LogP contribution in [0, 0.1) is 5.92 Å². The molecular weight excluding hydrogens is 322 g/mol. The molecule has 0 saturated carbocycles. The number of thioether (sulfide) groups is 1. The molecule has 0 fully saturated rings. The highest BCUT2D eigenvalue weighted by molar-refractivity contribution is 7.99. The Morgan fingerprint density at radius 3 is 2.54 bits per heavy atom. The number of ether oxygens (including phenoxy) is 1. The third-order valence-corrected chi connectivity index (χ3v) is 4.80. The summed E-state index contributed by atoms with van der Waals surface area (Å²) in [5.41, 5.74) is -0.736. The van der Waals surface area contributed by atoms with Crippen LogP contribution >= 0.6 is 11.8 Å². The minimum absolute atomic E-state index is 0.387. The molecule has 6 heteroatoms. The molecule has 0 bridgehead atoms. The topological polar surface area (TPSA) is 60.2 Å². The highest BCUT2D eigenvalue weighted by Gasteiger charge is 2.18. The second-order valence-corrected chi connectivity index (χ2v) is 7.88. The standard InChI is InChI=1S/C18H27N3O2S/c1-14(2)10-11-21-16(12-23-15-8-6-5-7-9-15)19-20-17(21)24-13-18(3,4)22/h5-9,14,22H,10-13H2,1-4H3. The van der Waals surface area contributed by atoms with Crippen LogP contribution < -0.4 is 4.74 Å². The van der Waals surface area contributed by atoms with Gasteiger partial charge in [-0.1, -0.05) is 43.8 Å². The fraction of sp³-hybridized carbons (Fsp3) is 0.556. The third kappa shape index (κ3) is 6.17. The summed E-state index contributed by atoms with van der Waals surface area (Å²) in [7, 11) is 0. The number of hydrogen-bond donors (Lipinski definition) is 1. The summed E-state index contributed by atoms with van der Waals surface area (Å²) >= 11 is 1.53. The monoisotopic (exact) mass is 349 g/mol. The summed E-state index contributed by atoms with van der Waals surface area (Å²) < 4.78 is 7.93. The van der Waals surface area contributed by atoms with Crippen LogP contribution in [0.25, 0.3) is 0 Å². The molecule has 0 amide bonds. The van der Waals surface area contributed by atoms with Gasteiger partial charge in [-0.3, -0.25) is 0 Å². The van der Waals surface area contributed by atoms with Crippen LogP contribution in [-0.4, -0.2) is 31.2 Å². The van der Waals surface area contributed by atoms with Gasteiger partial charge in [-0.05, 0) is 38.3 Å². The Balaban J connectivity index is 2.09. The maximum atomic E-state index is 9.94. The highest BCUT2D eigenvalue weighted by Crippen LogP contribution is 2.23. The largest absolute Gasteiger partial charge is 0.486 e. The molecule has 0 aliphatic heterocycles. The van der Waals surface area contributed by atoms with Crippen molar-refractivity contribution in [3.63, 3.8) is 0 Å². The summed E-state index contributed by atoms with van der Waals surface area (Å²) in [5, 5.41) is 19.4. The second-order valence-electron chi connectivity index (χ2n) is 6.94. The van der Waals surface area contributed by atoms with E-state index >= 15 is 0 Å². The van der Waals surface area contributed by atoms with Gasteiger partial charge in [0.05, 0.1) is 5.60 Å². The Labute approximate surface area is 148 Å². The molecule has 1 N–H and O–H groups in total. The first-order valence-corrected chi connectivity index (χ1v) is 9.29. The van der Waals surface area contributed by atoms with E-state index in [0.717, 1.165) is 29.7 Å². The minimum atomic E-state index is -0.736. The maximum Gasteiger partial charge on any atom is 0.191 e. The van der Waals surface area contributed by atoms with Crippen LogP contribution in [0.4, 0.5) is 0 Å². The van der Waals surface area contributed by atoms with Crippen molar-refractivity contribution in [3.05, 3.63) is 36.2 Å². The molecular formula is C18H27N3O2S. The molecule has 0 unspecified atom stereocenters. The third-order valence-electron chi connectivity index (χ3n) is 3.39. The normalized spacial score (nSPS) is 11.9. The Morgan fingerprint density at radius 2 is 1.92 bits per heavy atom. The van der Waals surface area contributed by atoms with E-state index in [1.54, 1.807) is 13.8 Å². The number of para-hydroxylation sites is 1. The lowest BCUT2D eigenvalue weighted by atomic mass is 10.1. The van der Waals surface area contributed by atoms with Gasteiger partial charge in [0.2, 0.25) is 0 Å². The summed E-state index contributed by atoms with van der Waals surface area (Å²) in [6.45, 7) is 9.25. The molecule has 0 aliphatic carbocycles. The number of benzene rings is 1. The average molecular weight is 350 g/mol. The van der Waals surface area contributed by atoms with Crippen molar-refractivity contribution in [1.29, 1.82) is 0 Å². The molecule has 0 saturated heterocycles. The summed E-state index contributed by atoms with van der Waals surface area (Å²) in [6, 6.07) is 9.72. The molecule has 0 spiro atoms. The molecule has 1 heterocycles. The zero-order valence-electron chi connectivity index (χ0n) is 14.9. The lowest BCUT2D eigenvalue weighted by Gasteiger charge is -2.17. The van der Waals surface area contributed by atoms with Crippen LogP contribution in [0.2, 0.25) is 0 Å². The molecule has 1 aromatic carbocycles. The van der Waals surface area contributed by atoms with E-state index < -0.39 is 5.60 Å². The minimum Gasteiger partial charge on any atom is -0.486 e. The van der Waals surface area contributed by atoms with Gasteiger partial charge < -0.3 is 14.4 Å². The molecule has 2 aromatic rings. The number of aliphatic hydroxyl groups is 1. The molecule has 1 aromatic heterocycles. The number of hydrogen-bond acceptors (Lipinski definition) is 5. The van der Waals surface area contributed by atoms with Gasteiger partial charge in [-0.2, -0.15) is 0 Å². The first kappa shape index (κ1) is 18.8. The zero-order valence-corrected chi connectivity index (χ0v) is 15.7. The fourth-order valence-electron chi connectivity index (χ4n) is 2.05. The SMILES string of the molecule is CC(C)CCn1c(COc2ccccc2)nnc1SCC(C)(C)O. The first-order valence-electron chi connectivity index (χ1n) is 8.30. The van der Waals surface area contributed by atoms with Crippen LogP contribution in [0.15, 0.2) is 35.5 Å². The lowest BCUT2D eigenvalue weighted by molar-refractivity contribution is 0.107. The molecule has 132 valence electrons.